The second-order valence-corrected chi connectivity index (χ2v) is 7.41. The van der Waals surface area contributed by atoms with Gasteiger partial charge in [-0.05, 0) is 58.3 Å². The minimum atomic E-state index is 0.352. The van der Waals surface area contributed by atoms with E-state index in [9.17, 15) is 0 Å². The van der Waals surface area contributed by atoms with Crippen molar-refractivity contribution in [2.75, 3.05) is 33.7 Å². The van der Waals surface area contributed by atoms with Gasteiger partial charge in [0.05, 0.1) is 0 Å². The van der Waals surface area contributed by atoms with Gasteiger partial charge in [-0.3, -0.25) is 4.90 Å². The summed E-state index contributed by atoms with van der Waals surface area (Å²) < 4.78 is 0. The normalized spacial score (nSPS) is 23.8. The summed E-state index contributed by atoms with van der Waals surface area (Å²) in [5.74, 6) is 0. The van der Waals surface area contributed by atoms with Crippen LogP contribution in [0.15, 0.2) is 0 Å². The molecule has 1 aliphatic rings. The zero-order valence-electron chi connectivity index (χ0n) is 13.1. The summed E-state index contributed by atoms with van der Waals surface area (Å²) in [6, 6.07) is 1.10. The third kappa shape index (κ3) is 6.17. The predicted octanol–water partition coefficient (Wildman–Crippen LogP) is 2.17. The van der Waals surface area contributed by atoms with Crippen molar-refractivity contribution in [2.24, 2.45) is 11.1 Å². The molecule has 0 bridgehead atoms. The van der Waals surface area contributed by atoms with E-state index in [1.54, 1.807) is 0 Å². The van der Waals surface area contributed by atoms with Crippen LogP contribution in [0.5, 0.6) is 0 Å². The standard InChI is InChI=1S/C15H33N3/c1-15(2,3)11-13(16)8-10-18-9-6-7-14(18)12-17(4)5/h13-14H,6-12,16H2,1-5H3. The molecule has 0 aromatic rings. The van der Waals surface area contributed by atoms with Crippen LogP contribution in [0.1, 0.15) is 46.5 Å². The zero-order valence-corrected chi connectivity index (χ0v) is 13.1. The molecule has 0 radical (unpaired) electrons. The van der Waals surface area contributed by atoms with Crippen molar-refractivity contribution in [3.05, 3.63) is 0 Å². The highest BCUT2D eigenvalue weighted by Gasteiger charge is 2.25. The van der Waals surface area contributed by atoms with Crippen molar-refractivity contribution in [1.29, 1.82) is 0 Å². The monoisotopic (exact) mass is 255 g/mol. The van der Waals surface area contributed by atoms with Crippen LogP contribution >= 0.6 is 0 Å². The molecule has 108 valence electrons. The summed E-state index contributed by atoms with van der Waals surface area (Å²) in [7, 11) is 4.34. The lowest BCUT2D eigenvalue weighted by Crippen LogP contribution is -2.40. The molecule has 1 fully saturated rings. The van der Waals surface area contributed by atoms with Crippen molar-refractivity contribution in [2.45, 2.75) is 58.5 Å². The number of likely N-dealkylation sites (N-methyl/N-ethyl adjacent to an activating group) is 1. The Labute approximate surface area is 114 Å². The fraction of sp³-hybridized carbons (Fsp3) is 1.00. The SMILES string of the molecule is CN(C)CC1CCCN1CCC(N)CC(C)(C)C. The van der Waals surface area contributed by atoms with Gasteiger partial charge in [-0.15, -0.1) is 0 Å². The van der Waals surface area contributed by atoms with Crippen LogP contribution < -0.4 is 5.73 Å². The van der Waals surface area contributed by atoms with Gasteiger partial charge in [0.2, 0.25) is 0 Å². The van der Waals surface area contributed by atoms with Crippen molar-refractivity contribution >= 4 is 0 Å². The highest BCUT2D eigenvalue weighted by Crippen LogP contribution is 2.23. The van der Waals surface area contributed by atoms with Crippen LogP contribution in [0.25, 0.3) is 0 Å². The molecular formula is C15H33N3. The Morgan fingerprint density at radius 2 is 2.00 bits per heavy atom. The van der Waals surface area contributed by atoms with Crippen molar-refractivity contribution in [1.82, 2.24) is 9.80 Å². The molecular weight excluding hydrogens is 222 g/mol. The molecule has 1 aliphatic heterocycles. The maximum Gasteiger partial charge on any atom is 0.0223 e. The number of hydrogen-bond acceptors (Lipinski definition) is 3. The highest BCUT2D eigenvalue weighted by atomic mass is 15.2. The van der Waals surface area contributed by atoms with E-state index in [1.165, 1.54) is 32.5 Å². The maximum absolute atomic E-state index is 6.25. The quantitative estimate of drug-likeness (QED) is 0.789. The van der Waals surface area contributed by atoms with Crippen LogP contribution in [0.4, 0.5) is 0 Å². The van der Waals surface area contributed by atoms with Crippen molar-refractivity contribution in [3.8, 4) is 0 Å². The first kappa shape index (κ1) is 15.9. The molecule has 2 N–H and O–H groups in total. The lowest BCUT2D eigenvalue weighted by Gasteiger charge is -2.29. The first-order valence-corrected chi connectivity index (χ1v) is 7.42. The van der Waals surface area contributed by atoms with Crippen LogP contribution in [0.2, 0.25) is 0 Å². The third-order valence-electron chi connectivity index (χ3n) is 3.74. The number of likely N-dealkylation sites (tertiary alicyclic amines) is 1. The number of nitrogens with zero attached hydrogens (tertiary/aromatic N) is 2. The molecule has 0 amide bonds. The van der Waals surface area contributed by atoms with Gasteiger partial charge in [0.25, 0.3) is 0 Å². The average molecular weight is 255 g/mol. The zero-order chi connectivity index (χ0) is 13.8. The van der Waals surface area contributed by atoms with Gasteiger partial charge in [-0.2, -0.15) is 0 Å². The summed E-state index contributed by atoms with van der Waals surface area (Å²) in [6.45, 7) is 10.5. The van der Waals surface area contributed by atoms with Gasteiger partial charge in [0.1, 0.15) is 0 Å². The van der Waals surface area contributed by atoms with E-state index >= 15 is 0 Å². The molecule has 2 unspecified atom stereocenters. The van der Waals surface area contributed by atoms with E-state index in [-0.39, 0.29) is 0 Å². The Kier molecular flexibility index (Phi) is 6.09. The van der Waals surface area contributed by atoms with Gasteiger partial charge >= 0.3 is 0 Å². The summed E-state index contributed by atoms with van der Waals surface area (Å²) >= 11 is 0. The molecule has 18 heavy (non-hydrogen) atoms. The summed E-state index contributed by atoms with van der Waals surface area (Å²) in [6.07, 6.45) is 4.97. The van der Waals surface area contributed by atoms with Crippen LogP contribution in [0.3, 0.4) is 0 Å². The Bertz CT molecular complexity index is 232. The number of rotatable bonds is 6. The van der Waals surface area contributed by atoms with E-state index in [0.717, 1.165) is 18.9 Å². The molecule has 0 aromatic carbocycles. The molecule has 1 saturated heterocycles. The minimum absolute atomic E-state index is 0.352. The molecule has 3 nitrogen and oxygen atoms in total. The third-order valence-corrected chi connectivity index (χ3v) is 3.74. The van der Waals surface area contributed by atoms with E-state index < -0.39 is 0 Å². The molecule has 2 atom stereocenters. The topological polar surface area (TPSA) is 32.5 Å². The van der Waals surface area contributed by atoms with Gasteiger partial charge in [-0.25, -0.2) is 0 Å². The fourth-order valence-corrected chi connectivity index (χ4v) is 3.04. The van der Waals surface area contributed by atoms with Crippen LogP contribution in [-0.2, 0) is 0 Å². The summed E-state index contributed by atoms with van der Waals surface area (Å²) in [5, 5.41) is 0. The average Bonchev–Trinajstić information content (AvgIpc) is 2.58. The second kappa shape index (κ2) is 6.88. The van der Waals surface area contributed by atoms with Gasteiger partial charge in [0, 0.05) is 18.6 Å². The molecule has 1 heterocycles. The Hall–Kier alpha value is -0.120. The largest absolute Gasteiger partial charge is 0.328 e. The highest BCUT2D eigenvalue weighted by molar-refractivity contribution is 4.82. The van der Waals surface area contributed by atoms with Gasteiger partial charge in [-0.1, -0.05) is 20.8 Å². The minimum Gasteiger partial charge on any atom is -0.328 e. The van der Waals surface area contributed by atoms with E-state index in [4.69, 9.17) is 5.73 Å². The van der Waals surface area contributed by atoms with E-state index in [0.29, 0.717) is 11.5 Å². The Morgan fingerprint density at radius 3 is 2.56 bits per heavy atom. The number of nitrogens with two attached hydrogens (primary N) is 1. The smallest absolute Gasteiger partial charge is 0.0223 e. The fourth-order valence-electron chi connectivity index (χ4n) is 3.04. The molecule has 0 aliphatic carbocycles. The molecule has 0 aromatic heterocycles. The van der Waals surface area contributed by atoms with E-state index in [2.05, 4.69) is 44.7 Å². The second-order valence-electron chi connectivity index (χ2n) is 7.41. The number of hydrogen-bond donors (Lipinski definition) is 1. The first-order valence-electron chi connectivity index (χ1n) is 7.42. The maximum atomic E-state index is 6.25. The van der Waals surface area contributed by atoms with Crippen LogP contribution in [-0.4, -0.2) is 55.6 Å². The lowest BCUT2D eigenvalue weighted by atomic mass is 9.87. The molecule has 3 heteroatoms. The van der Waals surface area contributed by atoms with Crippen molar-refractivity contribution in [3.63, 3.8) is 0 Å². The lowest BCUT2D eigenvalue weighted by molar-refractivity contribution is 0.196. The van der Waals surface area contributed by atoms with Crippen LogP contribution in [0, 0.1) is 5.41 Å². The molecule has 1 rings (SSSR count). The van der Waals surface area contributed by atoms with Gasteiger partial charge in [0.15, 0.2) is 0 Å². The molecule has 0 spiro atoms. The van der Waals surface area contributed by atoms with Gasteiger partial charge < -0.3 is 10.6 Å². The van der Waals surface area contributed by atoms with Crippen molar-refractivity contribution < 1.29 is 0 Å². The Balaban J connectivity index is 2.29. The first-order chi connectivity index (χ1) is 8.28. The summed E-state index contributed by atoms with van der Waals surface area (Å²) in [5.41, 5.74) is 6.60. The predicted molar refractivity (Wildman–Crippen MR) is 79.8 cm³/mol. The summed E-state index contributed by atoms with van der Waals surface area (Å²) in [4.78, 5) is 4.95. The Morgan fingerprint density at radius 1 is 1.33 bits per heavy atom. The van der Waals surface area contributed by atoms with E-state index in [1.807, 2.05) is 0 Å². The molecule has 0 saturated carbocycles.